The number of amides is 2. The maximum Gasteiger partial charge on any atom is 0.322 e. The van der Waals surface area contributed by atoms with Crippen LogP contribution in [0.5, 0.6) is 0 Å². The molecule has 3 aromatic rings. The highest BCUT2D eigenvalue weighted by molar-refractivity contribution is 7.15. The molecular formula is C23H25N3OS. The van der Waals surface area contributed by atoms with Crippen molar-refractivity contribution in [2.75, 3.05) is 5.32 Å². The van der Waals surface area contributed by atoms with E-state index < -0.39 is 0 Å². The van der Waals surface area contributed by atoms with Crippen LogP contribution >= 0.6 is 11.3 Å². The van der Waals surface area contributed by atoms with Crippen molar-refractivity contribution >= 4 is 23.1 Å². The second-order valence-corrected chi connectivity index (χ2v) is 8.73. The summed E-state index contributed by atoms with van der Waals surface area (Å²) in [5, 5.41) is 4.43. The zero-order valence-electron chi connectivity index (χ0n) is 16.1. The SMILES string of the molecule is CC[C@H]1c2cccn2-c2sc3c(c2CN1C(=O)Nc1ccccc1)CCCC3. The third kappa shape index (κ3) is 2.85. The number of aryl methyl sites for hydroxylation is 1. The number of nitrogens with one attached hydrogen (secondary N) is 1. The van der Waals surface area contributed by atoms with Crippen LogP contribution in [0, 0.1) is 0 Å². The first-order valence-corrected chi connectivity index (χ1v) is 11.0. The molecular weight excluding hydrogens is 366 g/mol. The van der Waals surface area contributed by atoms with E-state index in [-0.39, 0.29) is 12.1 Å². The van der Waals surface area contributed by atoms with E-state index >= 15 is 0 Å². The smallest absolute Gasteiger partial charge is 0.312 e. The van der Waals surface area contributed by atoms with Gasteiger partial charge in [-0.05, 0) is 61.9 Å². The van der Waals surface area contributed by atoms with Crippen molar-refractivity contribution in [3.63, 3.8) is 0 Å². The molecule has 5 heteroatoms. The number of carbonyl (C=O) groups is 1. The maximum atomic E-state index is 13.3. The van der Waals surface area contributed by atoms with Crippen molar-refractivity contribution in [1.29, 1.82) is 0 Å². The predicted octanol–water partition coefficient (Wildman–Crippen LogP) is 5.92. The molecule has 1 aromatic carbocycles. The molecule has 2 aromatic heterocycles. The highest BCUT2D eigenvalue weighted by atomic mass is 32.1. The van der Waals surface area contributed by atoms with Gasteiger partial charge in [0.15, 0.2) is 0 Å². The summed E-state index contributed by atoms with van der Waals surface area (Å²) in [5.41, 5.74) is 4.91. The molecule has 4 nitrogen and oxygen atoms in total. The van der Waals surface area contributed by atoms with Gasteiger partial charge in [0.2, 0.25) is 0 Å². The van der Waals surface area contributed by atoms with E-state index in [1.54, 1.807) is 0 Å². The van der Waals surface area contributed by atoms with Crippen LogP contribution < -0.4 is 5.32 Å². The van der Waals surface area contributed by atoms with Gasteiger partial charge >= 0.3 is 6.03 Å². The van der Waals surface area contributed by atoms with E-state index in [0.717, 1.165) is 18.5 Å². The van der Waals surface area contributed by atoms with Gasteiger partial charge in [0.05, 0.1) is 12.6 Å². The topological polar surface area (TPSA) is 37.3 Å². The first-order chi connectivity index (χ1) is 13.8. The normalized spacial score (nSPS) is 18.0. The van der Waals surface area contributed by atoms with Crippen LogP contribution in [-0.2, 0) is 19.4 Å². The van der Waals surface area contributed by atoms with Crippen LogP contribution in [0.3, 0.4) is 0 Å². The van der Waals surface area contributed by atoms with Gasteiger partial charge in [0.1, 0.15) is 5.00 Å². The lowest BCUT2D eigenvalue weighted by Gasteiger charge is -2.30. The number of hydrogen-bond acceptors (Lipinski definition) is 2. The summed E-state index contributed by atoms with van der Waals surface area (Å²) in [7, 11) is 0. The minimum Gasteiger partial charge on any atom is -0.312 e. The summed E-state index contributed by atoms with van der Waals surface area (Å²) in [5.74, 6) is 0. The maximum absolute atomic E-state index is 13.3. The Morgan fingerprint density at radius 3 is 2.75 bits per heavy atom. The molecule has 1 aliphatic carbocycles. The zero-order valence-corrected chi connectivity index (χ0v) is 17.0. The fourth-order valence-corrected chi connectivity index (χ4v) is 6.03. The highest BCUT2D eigenvalue weighted by Crippen LogP contribution is 2.43. The lowest BCUT2D eigenvalue weighted by atomic mass is 9.95. The average molecular weight is 392 g/mol. The Hall–Kier alpha value is -2.53. The number of urea groups is 1. The third-order valence-electron chi connectivity index (χ3n) is 5.98. The van der Waals surface area contributed by atoms with Gasteiger partial charge in [-0.25, -0.2) is 4.79 Å². The molecule has 0 unspecified atom stereocenters. The number of benzene rings is 1. The molecule has 0 saturated carbocycles. The van der Waals surface area contributed by atoms with Crippen molar-refractivity contribution in [1.82, 2.24) is 9.47 Å². The van der Waals surface area contributed by atoms with E-state index in [2.05, 4.69) is 35.1 Å². The lowest BCUT2D eigenvalue weighted by molar-refractivity contribution is 0.181. The van der Waals surface area contributed by atoms with Gasteiger partial charge in [-0.3, -0.25) is 0 Å². The van der Waals surface area contributed by atoms with Gasteiger partial charge in [0, 0.05) is 28.0 Å². The number of nitrogens with zero attached hydrogens (tertiary/aromatic N) is 2. The predicted molar refractivity (Wildman–Crippen MR) is 114 cm³/mol. The molecule has 0 spiro atoms. The van der Waals surface area contributed by atoms with E-state index in [9.17, 15) is 4.79 Å². The molecule has 0 fully saturated rings. The number of rotatable bonds is 2. The average Bonchev–Trinajstić information content (AvgIpc) is 3.31. The summed E-state index contributed by atoms with van der Waals surface area (Å²) in [4.78, 5) is 16.9. The van der Waals surface area contributed by atoms with Crippen LogP contribution in [0.2, 0.25) is 0 Å². The molecule has 1 N–H and O–H groups in total. The van der Waals surface area contributed by atoms with E-state index in [1.807, 2.05) is 46.6 Å². The van der Waals surface area contributed by atoms with Gasteiger partial charge < -0.3 is 14.8 Å². The molecule has 0 saturated heterocycles. The number of aromatic nitrogens is 1. The van der Waals surface area contributed by atoms with Crippen molar-refractivity contribution in [3.05, 3.63) is 70.4 Å². The molecule has 0 radical (unpaired) electrons. The number of hydrogen-bond donors (Lipinski definition) is 1. The Morgan fingerprint density at radius 1 is 1.11 bits per heavy atom. The Bertz CT molecular complexity index is 1000. The Kier molecular flexibility index (Phi) is 4.47. The van der Waals surface area contributed by atoms with E-state index in [1.165, 1.54) is 46.0 Å². The Labute approximate surface area is 169 Å². The molecule has 28 heavy (non-hydrogen) atoms. The van der Waals surface area contributed by atoms with Crippen LogP contribution in [0.15, 0.2) is 48.7 Å². The number of thiophene rings is 1. The number of fused-ring (bicyclic) bond motifs is 5. The quantitative estimate of drug-likeness (QED) is 0.579. The van der Waals surface area contributed by atoms with E-state index in [4.69, 9.17) is 0 Å². The summed E-state index contributed by atoms with van der Waals surface area (Å²) in [6.45, 7) is 2.85. The Balaban J connectivity index is 1.58. The fourth-order valence-electron chi connectivity index (χ4n) is 4.62. The first kappa shape index (κ1) is 17.6. The zero-order chi connectivity index (χ0) is 19.1. The second-order valence-electron chi connectivity index (χ2n) is 7.65. The fraction of sp³-hybridized carbons (Fsp3) is 0.348. The van der Waals surface area contributed by atoms with Crippen LogP contribution in [0.4, 0.5) is 10.5 Å². The number of carbonyl (C=O) groups excluding carboxylic acids is 1. The summed E-state index contributed by atoms with van der Waals surface area (Å²) in [6.07, 6.45) is 7.91. The third-order valence-corrected chi connectivity index (χ3v) is 7.31. The largest absolute Gasteiger partial charge is 0.322 e. The standard InChI is InChI=1S/C23H25N3OS/c1-2-19-20-12-8-14-25(20)22-18(17-11-6-7-13-21(17)28-22)15-26(19)23(27)24-16-9-4-3-5-10-16/h3-5,8-10,12,14,19H,2,6-7,11,13,15H2,1H3,(H,24,27)/t19-/m0/s1. The van der Waals surface area contributed by atoms with Crippen molar-refractivity contribution in [2.45, 2.75) is 51.6 Å². The molecule has 0 bridgehead atoms. The molecule has 1 atom stereocenters. The minimum atomic E-state index is -0.0191. The summed E-state index contributed by atoms with van der Waals surface area (Å²) in [6, 6.07) is 14.1. The van der Waals surface area contributed by atoms with Gasteiger partial charge in [-0.15, -0.1) is 11.3 Å². The summed E-state index contributed by atoms with van der Waals surface area (Å²) < 4.78 is 2.34. The minimum absolute atomic E-state index is 0.0191. The summed E-state index contributed by atoms with van der Waals surface area (Å²) >= 11 is 1.93. The Morgan fingerprint density at radius 2 is 1.93 bits per heavy atom. The van der Waals surface area contributed by atoms with Crippen molar-refractivity contribution in [2.24, 2.45) is 0 Å². The van der Waals surface area contributed by atoms with Crippen molar-refractivity contribution in [3.8, 4) is 5.00 Å². The lowest BCUT2D eigenvalue weighted by Crippen LogP contribution is -2.37. The number of anilines is 1. The van der Waals surface area contributed by atoms with Crippen molar-refractivity contribution < 1.29 is 4.79 Å². The second kappa shape index (κ2) is 7.13. The molecule has 5 rings (SSSR count). The van der Waals surface area contributed by atoms with Crippen LogP contribution in [0.25, 0.3) is 5.00 Å². The molecule has 3 heterocycles. The molecule has 2 amide bonds. The molecule has 2 aliphatic rings. The van der Waals surface area contributed by atoms with Gasteiger partial charge in [-0.1, -0.05) is 25.1 Å². The van der Waals surface area contributed by atoms with Crippen LogP contribution in [-0.4, -0.2) is 15.5 Å². The highest BCUT2D eigenvalue weighted by Gasteiger charge is 2.34. The number of para-hydroxylation sites is 1. The first-order valence-electron chi connectivity index (χ1n) is 10.2. The van der Waals surface area contributed by atoms with Gasteiger partial charge in [-0.2, -0.15) is 0 Å². The van der Waals surface area contributed by atoms with Crippen LogP contribution in [0.1, 0.15) is 53.9 Å². The molecule has 1 aliphatic heterocycles. The monoisotopic (exact) mass is 391 g/mol. The van der Waals surface area contributed by atoms with Gasteiger partial charge in [0.25, 0.3) is 0 Å². The van der Waals surface area contributed by atoms with E-state index in [0.29, 0.717) is 6.54 Å². The molecule has 144 valence electrons.